The third-order valence-electron chi connectivity index (χ3n) is 6.36. The van der Waals surface area contributed by atoms with Crippen molar-refractivity contribution in [1.82, 2.24) is 9.55 Å². The van der Waals surface area contributed by atoms with Crippen LogP contribution >= 0.6 is 0 Å². The molecule has 0 aliphatic carbocycles. The smallest absolute Gasteiger partial charge is 0.408 e. The molecule has 1 aliphatic heterocycles. The van der Waals surface area contributed by atoms with Crippen LogP contribution in [0.15, 0.2) is 68.7 Å². The molecule has 190 valence electrons. The van der Waals surface area contributed by atoms with Crippen LogP contribution in [0.25, 0.3) is 11.1 Å². The molecule has 1 aliphatic rings. The number of oxazole rings is 1. The molecular formula is C26H22F2N4O4S. The molecule has 37 heavy (non-hydrogen) atoms. The Labute approximate surface area is 211 Å². The number of sulfonamides is 1. The summed E-state index contributed by atoms with van der Waals surface area (Å²) in [6, 6.07) is 13.1. The average molecular weight is 525 g/mol. The fraction of sp³-hybridized carbons (Fsp3) is 0.231. The molecule has 0 spiro atoms. The van der Waals surface area contributed by atoms with Gasteiger partial charge in [-0.05, 0) is 49.6 Å². The average Bonchev–Trinajstić information content (AvgIpc) is 3.44. The summed E-state index contributed by atoms with van der Waals surface area (Å²) in [5, 5.41) is 5.05. The molecule has 3 heterocycles. The first-order chi connectivity index (χ1) is 17.6. The number of hydrogen-bond donors (Lipinski definition) is 1. The number of hydrogen-bond acceptors (Lipinski definition) is 6. The molecule has 0 unspecified atom stereocenters. The summed E-state index contributed by atoms with van der Waals surface area (Å²) in [6.45, 7) is 2.47. The molecule has 2 aromatic heterocycles. The van der Waals surface area contributed by atoms with Crippen LogP contribution in [-0.4, -0.2) is 30.6 Å². The van der Waals surface area contributed by atoms with Gasteiger partial charge < -0.3 is 9.32 Å². The van der Waals surface area contributed by atoms with Gasteiger partial charge in [0.25, 0.3) is 0 Å². The van der Waals surface area contributed by atoms with Gasteiger partial charge in [0.1, 0.15) is 16.5 Å². The maximum absolute atomic E-state index is 14.5. The van der Waals surface area contributed by atoms with Crippen molar-refractivity contribution in [2.75, 3.05) is 11.4 Å². The maximum atomic E-state index is 14.5. The van der Waals surface area contributed by atoms with E-state index in [0.29, 0.717) is 16.9 Å². The number of anilines is 1. The van der Waals surface area contributed by atoms with Gasteiger partial charge in [0, 0.05) is 24.2 Å². The summed E-state index contributed by atoms with van der Waals surface area (Å²) in [7, 11) is -4.33. The Kier molecular flexibility index (Phi) is 6.31. The van der Waals surface area contributed by atoms with Gasteiger partial charge in [0.15, 0.2) is 5.58 Å². The number of benzene rings is 2. The molecule has 8 nitrogen and oxygen atoms in total. The lowest BCUT2D eigenvalue weighted by Gasteiger charge is -2.21. The van der Waals surface area contributed by atoms with Crippen LogP contribution in [0, 0.1) is 23.6 Å². The maximum Gasteiger partial charge on any atom is 0.420 e. The zero-order valence-corrected chi connectivity index (χ0v) is 20.5. The third-order valence-corrected chi connectivity index (χ3v) is 7.29. The van der Waals surface area contributed by atoms with Gasteiger partial charge in [-0.1, -0.05) is 30.0 Å². The predicted octanol–water partition coefficient (Wildman–Crippen LogP) is 3.54. The van der Waals surface area contributed by atoms with Crippen molar-refractivity contribution in [3.05, 3.63) is 88.0 Å². The van der Waals surface area contributed by atoms with Crippen LogP contribution in [-0.2, 0) is 10.0 Å². The molecule has 1 fully saturated rings. The van der Waals surface area contributed by atoms with Gasteiger partial charge in [-0.25, -0.2) is 27.7 Å². The monoisotopic (exact) mass is 524 g/mol. The van der Waals surface area contributed by atoms with Crippen molar-refractivity contribution >= 4 is 26.9 Å². The number of nitrogens with two attached hydrogens (primary N) is 1. The van der Waals surface area contributed by atoms with E-state index in [4.69, 9.17) is 9.56 Å². The van der Waals surface area contributed by atoms with E-state index in [-0.39, 0.29) is 17.1 Å². The van der Waals surface area contributed by atoms with E-state index in [1.165, 1.54) is 10.6 Å². The van der Waals surface area contributed by atoms with Crippen LogP contribution < -0.4 is 15.8 Å². The van der Waals surface area contributed by atoms with Gasteiger partial charge in [-0.15, -0.1) is 0 Å². The second-order valence-electron chi connectivity index (χ2n) is 8.77. The molecule has 0 amide bonds. The van der Waals surface area contributed by atoms with E-state index in [9.17, 15) is 22.0 Å². The fourth-order valence-corrected chi connectivity index (χ4v) is 5.16. The van der Waals surface area contributed by atoms with E-state index >= 15 is 0 Å². The molecule has 0 saturated carbocycles. The molecule has 2 atom stereocenters. The normalized spacial score (nSPS) is 16.5. The largest absolute Gasteiger partial charge is 0.420 e. The number of rotatable bonds is 4. The molecule has 4 aromatic rings. The van der Waals surface area contributed by atoms with Crippen molar-refractivity contribution in [2.45, 2.75) is 36.7 Å². The Morgan fingerprint density at radius 3 is 2.70 bits per heavy atom. The Balaban J connectivity index is 1.45. The quantitative estimate of drug-likeness (QED) is 0.323. The molecular weight excluding hydrogens is 502 g/mol. The Morgan fingerprint density at radius 1 is 1.16 bits per heavy atom. The molecule has 1 saturated heterocycles. The van der Waals surface area contributed by atoms with E-state index in [2.05, 4.69) is 16.8 Å². The van der Waals surface area contributed by atoms with Gasteiger partial charge >= 0.3 is 5.76 Å². The van der Waals surface area contributed by atoms with E-state index in [0.717, 1.165) is 31.5 Å². The number of aromatic nitrogens is 2. The molecule has 5 rings (SSSR count). The van der Waals surface area contributed by atoms with Gasteiger partial charge in [-0.2, -0.15) is 4.39 Å². The summed E-state index contributed by atoms with van der Waals surface area (Å²) in [5.74, 6) is 4.56. The van der Waals surface area contributed by atoms with Gasteiger partial charge in [0.2, 0.25) is 16.0 Å². The van der Waals surface area contributed by atoms with Crippen LogP contribution in [0.3, 0.4) is 0 Å². The molecule has 2 N–H and O–H groups in total. The highest BCUT2D eigenvalue weighted by Gasteiger charge is 2.25. The number of primary sulfonamides is 1. The highest BCUT2D eigenvalue weighted by atomic mass is 32.2. The highest BCUT2D eigenvalue weighted by molar-refractivity contribution is 7.89. The molecule has 2 aromatic carbocycles. The second-order valence-corrected chi connectivity index (χ2v) is 10.3. The van der Waals surface area contributed by atoms with E-state index < -0.39 is 38.5 Å². The number of fused-ring (bicyclic) bond motifs is 1. The van der Waals surface area contributed by atoms with Crippen LogP contribution in [0.4, 0.5) is 14.6 Å². The Bertz CT molecular complexity index is 1740. The topological polar surface area (TPSA) is 111 Å². The first kappa shape index (κ1) is 24.7. The lowest BCUT2D eigenvalue weighted by molar-refractivity contribution is 0.489. The summed E-state index contributed by atoms with van der Waals surface area (Å²) in [4.78, 5) is 17.8. The minimum atomic E-state index is -4.33. The molecule has 0 bridgehead atoms. The number of halogens is 2. The minimum absolute atomic E-state index is 0.0921. The summed E-state index contributed by atoms with van der Waals surface area (Å²) in [5.41, 5.74) is 1.42. The predicted molar refractivity (Wildman–Crippen MR) is 134 cm³/mol. The van der Waals surface area contributed by atoms with Crippen molar-refractivity contribution in [2.24, 2.45) is 5.14 Å². The standard InChI is InChI=1S/C26H22F2N4O4S/c1-16(32-21-14-20(27)23(37(29,34)35)15-22(21)36-26(32)33)18-6-2-5-17(13-18)10-11-19-7-4-12-31(19)25-9-3-8-24(28)30-25/h2-3,5-6,8-9,13-16,19H,4,7,12H2,1H3,(H2,29,34,35)/t16-,19-/m1/s1. The third kappa shape index (κ3) is 4.85. The Morgan fingerprint density at radius 2 is 1.95 bits per heavy atom. The fourth-order valence-electron chi connectivity index (χ4n) is 4.56. The summed E-state index contributed by atoms with van der Waals surface area (Å²) in [6.07, 6.45) is 1.73. The van der Waals surface area contributed by atoms with E-state index in [1.54, 1.807) is 31.2 Å². The van der Waals surface area contributed by atoms with Crippen LogP contribution in [0.2, 0.25) is 0 Å². The van der Waals surface area contributed by atoms with Crippen LogP contribution in [0.5, 0.6) is 0 Å². The first-order valence-corrected chi connectivity index (χ1v) is 13.0. The van der Waals surface area contributed by atoms with Crippen molar-refractivity contribution in [3.8, 4) is 11.8 Å². The molecule has 11 heteroatoms. The summed E-state index contributed by atoms with van der Waals surface area (Å²) < 4.78 is 57.8. The SMILES string of the molecule is C[C@H](c1cccc(C#C[C@H]2CCCN2c2cccc(F)n2)c1)n1c(=O)oc2cc(S(N)(=O)=O)c(F)cc21. The van der Waals surface area contributed by atoms with Crippen LogP contribution in [0.1, 0.15) is 36.9 Å². The lowest BCUT2D eigenvalue weighted by atomic mass is 10.0. The molecule has 0 radical (unpaired) electrons. The zero-order valence-electron chi connectivity index (χ0n) is 19.7. The zero-order chi connectivity index (χ0) is 26.3. The second kappa shape index (κ2) is 9.46. The van der Waals surface area contributed by atoms with Crippen molar-refractivity contribution < 1.29 is 21.6 Å². The van der Waals surface area contributed by atoms with Crippen molar-refractivity contribution in [3.63, 3.8) is 0 Å². The summed E-state index contributed by atoms with van der Waals surface area (Å²) >= 11 is 0. The lowest BCUT2D eigenvalue weighted by Crippen LogP contribution is -2.28. The van der Waals surface area contributed by atoms with Gasteiger partial charge in [-0.3, -0.25) is 4.57 Å². The van der Waals surface area contributed by atoms with Gasteiger partial charge in [0.05, 0.1) is 17.6 Å². The minimum Gasteiger partial charge on any atom is -0.408 e. The number of nitrogens with zero attached hydrogens (tertiary/aromatic N) is 3. The highest BCUT2D eigenvalue weighted by Crippen LogP contribution is 2.27. The number of pyridine rings is 1. The van der Waals surface area contributed by atoms with E-state index in [1.807, 2.05) is 17.0 Å². The first-order valence-electron chi connectivity index (χ1n) is 11.5. The van der Waals surface area contributed by atoms with Crippen molar-refractivity contribution in [1.29, 1.82) is 0 Å². The Hall–Kier alpha value is -4.01.